The van der Waals surface area contributed by atoms with Gasteiger partial charge in [0.25, 0.3) is 0 Å². The van der Waals surface area contributed by atoms with Crippen molar-refractivity contribution in [3.05, 3.63) is 23.8 Å². The van der Waals surface area contributed by atoms with E-state index in [-0.39, 0.29) is 0 Å². The number of rotatable bonds is 6. The van der Waals surface area contributed by atoms with Crippen molar-refractivity contribution < 1.29 is 9.47 Å². The number of fused-ring (bicyclic) bond motifs is 2. The molecule has 1 aromatic rings. The van der Waals surface area contributed by atoms with E-state index in [1.807, 2.05) is 25.1 Å². The molecule has 2 bridgehead atoms. The molecular weight excluding hydrogens is 272 g/mol. The van der Waals surface area contributed by atoms with Crippen LogP contribution in [0.15, 0.2) is 18.2 Å². The second-order valence-electron chi connectivity index (χ2n) is 6.09. The topological polar surface area (TPSA) is 18.5 Å². The second-order valence-corrected chi connectivity index (χ2v) is 6.36. The summed E-state index contributed by atoms with van der Waals surface area (Å²) in [6, 6.07) is 6.01. The summed E-state index contributed by atoms with van der Waals surface area (Å²) in [7, 11) is 0. The third kappa shape index (κ3) is 2.90. The normalized spacial score (nSPS) is 27.8. The minimum absolute atomic E-state index is 0.507. The molecule has 0 aromatic heterocycles. The standard InChI is InChI=1S/C17H23ClO2/c1-2-19-17-9-13(10-18)4-6-16(17)20-11-15-8-12-3-5-14(15)7-12/h4,6,9,12,14-15H,2-3,5,7-8,10-11H2,1H3. The molecule has 0 saturated heterocycles. The van der Waals surface area contributed by atoms with Crippen LogP contribution in [-0.2, 0) is 5.88 Å². The van der Waals surface area contributed by atoms with Gasteiger partial charge in [-0.2, -0.15) is 0 Å². The highest BCUT2D eigenvalue weighted by molar-refractivity contribution is 6.17. The van der Waals surface area contributed by atoms with Gasteiger partial charge < -0.3 is 9.47 Å². The maximum atomic E-state index is 6.06. The molecule has 0 heterocycles. The summed E-state index contributed by atoms with van der Waals surface area (Å²) in [5.74, 6) is 4.82. The molecule has 0 radical (unpaired) electrons. The van der Waals surface area contributed by atoms with Gasteiger partial charge in [-0.1, -0.05) is 12.5 Å². The zero-order chi connectivity index (χ0) is 13.9. The van der Waals surface area contributed by atoms with Crippen LogP contribution in [0, 0.1) is 17.8 Å². The Hall–Kier alpha value is -0.890. The number of ether oxygens (including phenoxy) is 2. The second kappa shape index (κ2) is 6.26. The van der Waals surface area contributed by atoms with E-state index < -0.39 is 0 Å². The first-order valence-corrected chi connectivity index (χ1v) is 8.28. The van der Waals surface area contributed by atoms with Crippen molar-refractivity contribution in [3.8, 4) is 11.5 Å². The molecule has 0 N–H and O–H groups in total. The van der Waals surface area contributed by atoms with Crippen LogP contribution >= 0.6 is 11.6 Å². The van der Waals surface area contributed by atoms with E-state index in [2.05, 4.69) is 0 Å². The summed E-state index contributed by atoms with van der Waals surface area (Å²) < 4.78 is 11.7. The lowest BCUT2D eigenvalue weighted by Crippen LogP contribution is -2.18. The van der Waals surface area contributed by atoms with Crippen LogP contribution in [0.3, 0.4) is 0 Å². The van der Waals surface area contributed by atoms with Crippen LogP contribution in [0.1, 0.15) is 38.2 Å². The maximum absolute atomic E-state index is 6.06. The molecule has 2 aliphatic carbocycles. The number of hydrogen-bond acceptors (Lipinski definition) is 2. The SMILES string of the molecule is CCOc1cc(CCl)ccc1OCC1CC2CCC1C2. The van der Waals surface area contributed by atoms with E-state index in [0.29, 0.717) is 12.5 Å². The summed E-state index contributed by atoms with van der Waals surface area (Å²) >= 11 is 5.88. The zero-order valence-electron chi connectivity index (χ0n) is 12.1. The van der Waals surface area contributed by atoms with Crippen LogP contribution in [0.4, 0.5) is 0 Å². The lowest BCUT2D eigenvalue weighted by Gasteiger charge is -2.22. The quantitative estimate of drug-likeness (QED) is 0.712. The Balaban J connectivity index is 1.64. The summed E-state index contributed by atoms with van der Waals surface area (Å²) in [6.07, 6.45) is 5.63. The average molecular weight is 295 g/mol. The third-order valence-corrected chi connectivity index (χ3v) is 5.11. The van der Waals surface area contributed by atoms with Gasteiger partial charge in [-0.3, -0.25) is 0 Å². The summed E-state index contributed by atoms with van der Waals surface area (Å²) in [5, 5.41) is 0. The van der Waals surface area contributed by atoms with E-state index in [4.69, 9.17) is 21.1 Å². The van der Waals surface area contributed by atoms with Crippen molar-refractivity contribution in [2.75, 3.05) is 13.2 Å². The highest BCUT2D eigenvalue weighted by Crippen LogP contribution is 2.48. The highest BCUT2D eigenvalue weighted by Gasteiger charge is 2.39. The molecular formula is C17H23ClO2. The van der Waals surface area contributed by atoms with Gasteiger partial charge in [0, 0.05) is 5.88 Å². The molecule has 3 rings (SSSR count). The van der Waals surface area contributed by atoms with Gasteiger partial charge in [0.05, 0.1) is 13.2 Å². The molecule has 110 valence electrons. The Morgan fingerprint density at radius 1 is 1.15 bits per heavy atom. The van der Waals surface area contributed by atoms with Gasteiger partial charge in [-0.25, -0.2) is 0 Å². The molecule has 2 saturated carbocycles. The van der Waals surface area contributed by atoms with Crippen molar-refractivity contribution in [1.29, 1.82) is 0 Å². The fourth-order valence-electron chi connectivity index (χ4n) is 3.80. The molecule has 3 heteroatoms. The third-order valence-electron chi connectivity index (χ3n) is 4.80. The lowest BCUT2D eigenvalue weighted by atomic mass is 9.89. The van der Waals surface area contributed by atoms with Gasteiger partial charge in [0.1, 0.15) is 0 Å². The summed E-state index contributed by atoms with van der Waals surface area (Å²) in [6.45, 7) is 3.48. The Morgan fingerprint density at radius 2 is 2.05 bits per heavy atom. The first kappa shape index (κ1) is 14.1. The first-order chi connectivity index (χ1) is 9.80. The summed E-state index contributed by atoms with van der Waals surface area (Å²) in [5.41, 5.74) is 1.07. The van der Waals surface area contributed by atoms with Crippen molar-refractivity contribution in [3.63, 3.8) is 0 Å². The van der Waals surface area contributed by atoms with Crippen LogP contribution in [-0.4, -0.2) is 13.2 Å². The van der Waals surface area contributed by atoms with E-state index in [1.54, 1.807) is 0 Å². The molecule has 0 aliphatic heterocycles. The maximum Gasteiger partial charge on any atom is 0.161 e. The average Bonchev–Trinajstić information content (AvgIpc) is 3.08. The number of alkyl halides is 1. The van der Waals surface area contributed by atoms with E-state index in [1.165, 1.54) is 25.7 Å². The van der Waals surface area contributed by atoms with Crippen LogP contribution < -0.4 is 9.47 Å². The van der Waals surface area contributed by atoms with Crippen LogP contribution in [0.25, 0.3) is 0 Å². The van der Waals surface area contributed by atoms with E-state index in [0.717, 1.165) is 41.4 Å². The fraction of sp³-hybridized carbons (Fsp3) is 0.647. The van der Waals surface area contributed by atoms with Crippen molar-refractivity contribution >= 4 is 11.6 Å². The zero-order valence-corrected chi connectivity index (χ0v) is 12.9. The molecule has 20 heavy (non-hydrogen) atoms. The van der Waals surface area contributed by atoms with Crippen molar-refractivity contribution in [1.82, 2.24) is 0 Å². The minimum Gasteiger partial charge on any atom is -0.490 e. The summed E-state index contributed by atoms with van der Waals surface area (Å²) in [4.78, 5) is 0. The van der Waals surface area contributed by atoms with Gasteiger partial charge >= 0.3 is 0 Å². The van der Waals surface area contributed by atoms with Crippen LogP contribution in [0.2, 0.25) is 0 Å². The lowest BCUT2D eigenvalue weighted by molar-refractivity contribution is 0.187. The van der Waals surface area contributed by atoms with E-state index >= 15 is 0 Å². The molecule has 0 amide bonds. The fourth-order valence-corrected chi connectivity index (χ4v) is 3.97. The first-order valence-electron chi connectivity index (χ1n) is 7.74. The molecule has 2 fully saturated rings. The molecule has 3 unspecified atom stereocenters. The molecule has 2 nitrogen and oxygen atoms in total. The van der Waals surface area contributed by atoms with Crippen molar-refractivity contribution in [2.24, 2.45) is 17.8 Å². The van der Waals surface area contributed by atoms with Gasteiger partial charge in [-0.15, -0.1) is 11.6 Å². The predicted octanol–water partition coefficient (Wildman–Crippen LogP) is 4.64. The van der Waals surface area contributed by atoms with Gasteiger partial charge in [0.2, 0.25) is 0 Å². The Bertz CT molecular complexity index is 460. The monoisotopic (exact) mass is 294 g/mol. The van der Waals surface area contributed by atoms with E-state index in [9.17, 15) is 0 Å². The van der Waals surface area contributed by atoms with Gasteiger partial charge in [-0.05, 0) is 61.6 Å². The molecule has 1 aromatic carbocycles. The largest absolute Gasteiger partial charge is 0.490 e. The van der Waals surface area contributed by atoms with Gasteiger partial charge in [0.15, 0.2) is 11.5 Å². The minimum atomic E-state index is 0.507. The number of hydrogen-bond donors (Lipinski definition) is 0. The highest BCUT2D eigenvalue weighted by atomic mass is 35.5. The Kier molecular flexibility index (Phi) is 4.40. The van der Waals surface area contributed by atoms with Crippen LogP contribution in [0.5, 0.6) is 11.5 Å². The molecule has 2 aliphatic rings. The van der Waals surface area contributed by atoms with Crippen molar-refractivity contribution in [2.45, 2.75) is 38.5 Å². The Labute approximate surface area is 126 Å². The Morgan fingerprint density at radius 3 is 2.70 bits per heavy atom. The number of halogens is 1. The smallest absolute Gasteiger partial charge is 0.161 e. The molecule has 0 spiro atoms. The number of benzene rings is 1. The molecule has 3 atom stereocenters. The predicted molar refractivity (Wildman–Crippen MR) is 81.6 cm³/mol.